The fourth-order valence-electron chi connectivity index (χ4n) is 4.39. The molecule has 1 heterocycles. The second kappa shape index (κ2) is 5.04. The van der Waals surface area contributed by atoms with E-state index >= 15 is 0 Å². The molecule has 1 saturated heterocycles. The van der Waals surface area contributed by atoms with Crippen molar-refractivity contribution in [2.75, 3.05) is 13.1 Å². The van der Waals surface area contributed by atoms with Crippen LogP contribution >= 0.6 is 0 Å². The summed E-state index contributed by atoms with van der Waals surface area (Å²) in [5, 5.41) is 3.62. The average Bonchev–Trinajstić information content (AvgIpc) is 2.45. The first-order chi connectivity index (χ1) is 9.56. The molecule has 0 bridgehead atoms. The minimum atomic E-state index is 0.318. The number of hydrogen-bond donors (Lipinski definition) is 1. The summed E-state index contributed by atoms with van der Waals surface area (Å²) in [5.41, 5.74) is 4.87. The molecule has 4 atom stereocenters. The molecule has 0 spiro atoms. The lowest BCUT2D eigenvalue weighted by molar-refractivity contribution is 0.170. The number of nitrogens with one attached hydrogen (secondary N) is 1. The highest BCUT2D eigenvalue weighted by Crippen LogP contribution is 2.51. The van der Waals surface area contributed by atoms with Crippen molar-refractivity contribution in [3.8, 4) is 0 Å². The van der Waals surface area contributed by atoms with Crippen molar-refractivity contribution in [2.24, 2.45) is 11.8 Å². The second-order valence-electron chi connectivity index (χ2n) is 7.11. The summed E-state index contributed by atoms with van der Waals surface area (Å²) < 4.78 is 0. The molecule has 1 aliphatic heterocycles. The Morgan fingerprint density at radius 3 is 3.00 bits per heavy atom. The van der Waals surface area contributed by atoms with Gasteiger partial charge >= 0.3 is 0 Å². The Kier molecular flexibility index (Phi) is 3.50. The van der Waals surface area contributed by atoms with Gasteiger partial charge in [0.25, 0.3) is 0 Å². The summed E-state index contributed by atoms with van der Waals surface area (Å²) in [4.78, 5) is 0. The van der Waals surface area contributed by atoms with Crippen molar-refractivity contribution >= 4 is 0 Å². The standard InChI is InChI=1S/C19H27N/c1-5-14(3)16-11-15-8-9-20-12-19(15,4)18-7-6-13(2)10-17(16)18/h5-7,10,14-16,20H,1,8-9,11-12H2,2-4H3/t14?,15-,16+,19-/m0/s1. The summed E-state index contributed by atoms with van der Waals surface area (Å²) in [5.74, 6) is 2.03. The van der Waals surface area contributed by atoms with E-state index in [1.165, 1.54) is 24.9 Å². The number of aryl methyl sites for hydroxylation is 1. The van der Waals surface area contributed by atoms with Gasteiger partial charge in [0, 0.05) is 12.0 Å². The lowest BCUT2D eigenvalue weighted by Crippen LogP contribution is -2.51. The van der Waals surface area contributed by atoms with E-state index in [1.807, 2.05) is 0 Å². The molecule has 1 aliphatic carbocycles. The van der Waals surface area contributed by atoms with Gasteiger partial charge in [-0.1, -0.05) is 43.7 Å². The van der Waals surface area contributed by atoms with E-state index in [0.29, 0.717) is 17.3 Å². The van der Waals surface area contributed by atoms with Gasteiger partial charge in [0.1, 0.15) is 0 Å². The third-order valence-electron chi connectivity index (χ3n) is 5.83. The topological polar surface area (TPSA) is 12.0 Å². The largest absolute Gasteiger partial charge is 0.316 e. The molecule has 1 N–H and O–H groups in total. The summed E-state index contributed by atoms with van der Waals surface area (Å²) >= 11 is 0. The number of fused-ring (bicyclic) bond motifs is 3. The predicted molar refractivity (Wildman–Crippen MR) is 86.2 cm³/mol. The maximum absolute atomic E-state index is 4.04. The van der Waals surface area contributed by atoms with Crippen LogP contribution in [0.2, 0.25) is 0 Å². The first kappa shape index (κ1) is 13.9. The highest BCUT2D eigenvalue weighted by atomic mass is 14.9. The van der Waals surface area contributed by atoms with E-state index < -0.39 is 0 Å². The Hall–Kier alpha value is -1.08. The van der Waals surface area contributed by atoms with Crippen LogP contribution in [0.5, 0.6) is 0 Å². The molecule has 1 fully saturated rings. The zero-order chi connectivity index (χ0) is 14.3. The first-order valence-electron chi connectivity index (χ1n) is 8.00. The van der Waals surface area contributed by atoms with Crippen LogP contribution in [0.1, 0.15) is 49.3 Å². The molecule has 0 radical (unpaired) electrons. The molecule has 1 aromatic rings. The lowest BCUT2D eigenvalue weighted by Gasteiger charge is -2.50. The van der Waals surface area contributed by atoms with Crippen LogP contribution in [0, 0.1) is 18.8 Å². The Balaban J connectivity index is 2.13. The average molecular weight is 269 g/mol. The van der Waals surface area contributed by atoms with Gasteiger partial charge in [-0.05, 0) is 55.2 Å². The summed E-state index contributed by atoms with van der Waals surface area (Å²) in [6.45, 7) is 13.3. The molecule has 0 saturated carbocycles. The van der Waals surface area contributed by atoms with Crippen molar-refractivity contribution in [2.45, 2.75) is 44.9 Å². The minimum absolute atomic E-state index is 0.318. The van der Waals surface area contributed by atoms with E-state index in [9.17, 15) is 0 Å². The smallest absolute Gasteiger partial charge is 0.00812 e. The number of hydrogen-bond acceptors (Lipinski definition) is 1. The van der Waals surface area contributed by atoms with Gasteiger partial charge in [0.15, 0.2) is 0 Å². The van der Waals surface area contributed by atoms with Crippen molar-refractivity contribution in [3.63, 3.8) is 0 Å². The van der Waals surface area contributed by atoms with Crippen molar-refractivity contribution < 1.29 is 0 Å². The van der Waals surface area contributed by atoms with Crippen LogP contribution in [0.15, 0.2) is 30.9 Å². The highest BCUT2D eigenvalue weighted by Gasteiger charge is 2.45. The molecular weight excluding hydrogens is 242 g/mol. The summed E-state index contributed by atoms with van der Waals surface area (Å²) in [6.07, 6.45) is 4.77. The first-order valence-corrected chi connectivity index (χ1v) is 8.00. The SMILES string of the molecule is C=CC(C)[C@H]1C[C@@H]2CCNC[C@]2(C)c2ccc(C)cc21. The van der Waals surface area contributed by atoms with Crippen molar-refractivity contribution in [3.05, 3.63) is 47.5 Å². The molecule has 108 valence electrons. The third kappa shape index (κ3) is 2.03. The monoisotopic (exact) mass is 269 g/mol. The number of rotatable bonds is 2. The molecular formula is C19H27N. The fourth-order valence-corrected chi connectivity index (χ4v) is 4.39. The van der Waals surface area contributed by atoms with Gasteiger partial charge in [0.2, 0.25) is 0 Å². The maximum Gasteiger partial charge on any atom is 0.00812 e. The van der Waals surface area contributed by atoms with Crippen LogP contribution in [0.25, 0.3) is 0 Å². The van der Waals surface area contributed by atoms with Gasteiger partial charge in [-0.3, -0.25) is 0 Å². The van der Waals surface area contributed by atoms with Gasteiger partial charge in [-0.25, -0.2) is 0 Å². The van der Waals surface area contributed by atoms with E-state index in [1.54, 1.807) is 11.1 Å². The van der Waals surface area contributed by atoms with E-state index in [0.717, 1.165) is 12.5 Å². The highest BCUT2D eigenvalue weighted by molar-refractivity contribution is 5.43. The molecule has 0 amide bonds. The Bertz CT molecular complexity index is 518. The molecule has 0 aromatic heterocycles. The molecule has 1 unspecified atom stereocenters. The second-order valence-corrected chi connectivity index (χ2v) is 7.11. The van der Waals surface area contributed by atoms with Gasteiger partial charge in [-0.15, -0.1) is 6.58 Å². The zero-order valence-corrected chi connectivity index (χ0v) is 13.1. The molecule has 1 heteroatoms. The van der Waals surface area contributed by atoms with Crippen LogP contribution in [-0.4, -0.2) is 13.1 Å². The fraction of sp³-hybridized carbons (Fsp3) is 0.579. The van der Waals surface area contributed by atoms with Crippen LogP contribution in [0.4, 0.5) is 0 Å². The van der Waals surface area contributed by atoms with Gasteiger partial charge < -0.3 is 5.32 Å². The van der Waals surface area contributed by atoms with E-state index in [4.69, 9.17) is 0 Å². The normalized spacial score (nSPS) is 34.0. The van der Waals surface area contributed by atoms with E-state index in [-0.39, 0.29) is 0 Å². The summed E-state index contributed by atoms with van der Waals surface area (Å²) in [7, 11) is 0. The quantitative estimate of drug-likeness (QED) is 0.795. The van der Waals surface area contributed by atoms with Crippen LogP contribution in [-0.2, 0) is 5.41 Å². The van der Waals surface area contributed by atoms with Crippen LogP contribution < -0.4 is 5.32 Å². The van der Waals surface area contributed by atoms with E-state index in [2.05, 4.69) is 56.9 Å². The Morgan fingerprint density at radius 1 is 1.45 bits per heavy atom. The Morgan fingerprint density at radius 2 is 2.25 bits per heavy atom. The molecule has 20 heavy (non-hydrogen) atoms. The van der Waals surface area contributed by atoms with Gasteiger partial charge in [-0.2, -0.15) is 0 Å². The maximum atomic E-state index is 4.04. The minimum Gasteiger partial charge on any atom is -0.316 e. The number of allylic oxidation sites excluding steroid dienone is 1. The van der Waals surface area contributed by atoms with Crippen LogP contribution in [0.3, 0.4) is 0 Å². The van der Waals surface area contributed by atoms with Crippen molar-refractivity contribution in [1.29, 1.82) is 0 Å². The zero-order valence-electron chi connectivity index (χ0n) is 13.1. The molecule has 1 nitrogen and oxygen atoms in total. The Labute approximate surface area is 123 Å². The molecule has 2 aliphatic rings. The predicted octanol–water partition coefficient (Wildman–Crippen LogP) is 4.17. The number of piperidine rings is 1. The van der Waals surface area contributed by atoms with Crippen molar-refractivity contribution in [1.82, 2.24) is 5.32 Å². The molecule has 3 rings (SSSR count). The third-order valence-corrected chi connectivity index (χ3v) is 5.83. The van der Waals surface area contributed by atoms with Gasteiger partial charge in [0.05, 0.1) is 0 Å². The lowest BCUT2D eigenvalue weighted by atomic mass is 9.57. The molecule has 1 aromatic carbocycles. The summed E-state index contributed by atoms with van der Waals surface area (Å²) in [6, 6.07) is 7.11. The number of benzene rings is 1.